The molecule has 0 aromatic heterocycles. The molecule has 0 radical (unpaired) electrons. The standard InChI is InChI=1S/C24H26N2O4S/c1-3-26(31(28,29)23-12-8-5-9-13-23)21-14-16-22(17-15-21)30-18-24(27)25-19(2)20-10-6-4-7-11-20/h4-17,19H,3,18H2,1-2H3,(H,25,27)/t19-/m1/s1. The quantitative estimate of drug-likeness (QED) is 0.544. The second-order valence-corrected chi connectivity index (χ2v) is 8.83. The number of rotatable bonds is 9. The maximum atomic E-state index is 12.9. The number of amides is 1. The van der Waals surface area contributed by atoms with Crippen LogP contribution in [0.3, 0.4) is 0 Å². The van der Waals surface area contributed by atoms with Gasteiger partial charge in [0.25, 0.3) is 15.9 Å². The van der Waals surface area contributed by atoms with Gasteiger partial charge >= 0.3 is 0 Å². The van der Waals surface area contributed by atoms with Crippen molar-refractivity contribution in [2.24, 2.45) is 0 Å². The zero-order valence-corrected chi connectivity index (χ0v) is 18.4. The van der Waals surface area contributed by atoms with E-state index in [1.54, 1.807) is 61.5 Å². The first-order valence-electron chi connectivity index (χ1n) is 10.1. The average Bonchev–Trinajstić information content (AvgIpc) is 2.80. The van der Waals surface area contributed by atoms with Gasteiger partial charge < -0.3 is 10.1 Å². The molecule has 0 saturated carbocycles. The molecular formula is C24H26N2O4S. The van der Waals surface area contributed by atoms with E-state index in [-0.39, 0.29) is 30.0 Å². The van der Waals surface area contributed by atoms with Crippen LogP contribution in [0.5, 0.6) is 5.75 Å². The Morgan fingerprint density at radius 1 is 0.935 bits per heavy atom. The van der Waals surface area contributed by atoms with Crippen LogP contribution in [0, 0.1) is 0 Å². The molecule has 0 fully saturated rings. The van der Waals surface area contributed by atoms with Gasteiger partial charge in [-0.3, -0.25) is 9.10 Å². The monoisotopic (exact) mass is 438 g/mol. The largest absolute Gasteiger partial charge is 0.484 e. The summed E-state index contributed by atoms with van der Waals surface area (Å²) < 4.78 is 32.7. The van der Waals surface area contributed by atoms with Crippen molar-refractivity contribution in [1.29, 1.82) is 0 Å². The van der Waals surface area contributed by atoms with Crippen molar-refractivity contribution in [2.45, 2.75) is 24.8 Å². The molecule has 1 N–H and O–H groups in total. The Kier molecular flexibility index (Phi) is 7.31. The Hall–Kier alpha value is -3.32. The van der Waals surface area contributed by atoms with E-state index in [0.717, 1.165) is 5.56 Å². The topological polar surface area (TPSA) is 75.7 Å². The van der Waals surface area contributed by atoms with E-state index >= 15 is 0 Å². The van der Waals surface area contributed by atoms with Crippen LogP contribution in [-0.2, 0) is 14.8 Å². The van der Waals surface area contributed by atoms with Gasteiger partial charge in [0.1, 0.15) is 5.75 Å². The number of ether oxygens (including phenoxy) is 1. The second kappa shape index (κ2) is 10.1. The Balaban J connectivity index is 1.61. The lowest BCUT2D eigenvalue weighted by atomic mass is 10.1. The Morgan fingerprint density at radius 3 is 2.10 bits per heavy atom. The van der Waals surface area contributed by atoms with Gasteiger partial charge in [0, 0.05) is 6.54 Å². The molecule has 7 heteroatoms. The first-order chi connectivity index (χ1) is 14.9. The summed E-state index contributed by atoms with van der Waals surface area (Å²) in [7, 11) is -3.65. The highest BCUT2D eigenvalue weighted by molar-refractivity contribution is 7.92. The number of hydrogen-bond donors (Lipinski definition) is 1. The predicted molar refractivity (Wildman–Crippen MR) is 122 cm³/mol. The van der Waals surface area contributed by atoms with Gasteiger partial charge in [-0.25, -0.2) is 8.42 Å². The van der Waals surface area contributed by atoms with Gasteiger partial charge in [0.2, 0.25) is 0 Å². The lowest BCUT2D eigenvalue weighted by molar-refractivity contribution is -0.123. The molecule has 0 aliphatic rings. The molecule has 6 nitrogen and oxygen atoms in total. The highest BCUT2D eigenvalue weighted by atomic mass is 32.2. The van der Waals surface area contributed by atoms with E-state index in [4.69, 9.17) is 4.74 Å². The van der Waals surface area contributed by atoms with Crippen molar-refractivity contribution in [2.75, 3.05) is 17.5 Å². The Labute approximate surface area is 183 Å². The van der Waals surface area contributed by atoms with Crippen LogP contribution in [0.15, 0.2) is 89.8 Å². The molecule has 0 aliphatic heterocycles. The third-order valence-electron chi connectivity index (χ3n) is 4.79. The molecule has 31 heavy (non-hydrogen) atoms. The minimum absolute atomic E-state index is 0.124. The molecule has 162 valence electrons. The molecule has 3 aromatic carbocycles. The van der Waals surface area contributed by atoms with Crippen LogP contribution in [0.25, 0.3) is 0 Å². The van der Waals surface area contributed by atoms with E-state index < -0.39 is 10.0 Å². The highest BCUT2D eigenvalue weighted by Gasteiger charge is 2.23. The zero-order chi connectivity index (χ0) is 22.3. The molecule has 0 aliphatic carbocycles. The van der Waals surface area contributed by atoms with E-state index in [2.05, 4.69) is 5.32 Å². The summed E-state index contributed by atoms with van der Waals surface area (Å²) in [6, 6.07) is 24.5. The lowest BCUT2D eigenvalue weighted by Gasteiger charge is -2.23. The van der Waals surface area contributed by atoms with Gasteiger partial charge in [0.05, 0.1) is 16.6 Å². The summed E-state index contributed by atoms with van der Waals surface area (Å²) in [5.41, 5.74) is 1.54. The van der Waals surface area contributed by atoms with Gasteiger partial charge in [-0.1, -0.05) is 48.5 Å². The minimum Gasteiger partial charge on any atom is -0.484 e. The van der Waals surface area contributed by atoms with Crippen molar-refractivity contribution >= 4 is 21.6 Å². The molecular weight excluding hydrogens is 412 g/mol. The fraction of sp³-hybridized carbons (Fsp3) is 0.208. The number of nitrogens with zero attached hydrogens (tertiary/aromatic N) is 1. The average molecular weight is 439 g/mol. The fourth-order valence-electron chi connectivity index (χ4n) is 3.18. The smallest absolute Gasteiger partial charge is 0.264 e. The van der Waals surface area contributed by atoms with Crippen molar-refractivity contribution in [1.82, 2.24) is 5.32 Å². The molecule has 3 aromatic rings. The molecule has 3 rings (SSSR count). The van der Waals surface area contributed by atoms with Gasteiger partial charge in [0.15, 0.2) is 6.61 Å². The second-order valence-electron chi connectivity index (χ2n) is 6.97. The molecule has 1 amide bonds. The number of hydrogen-bond acceptors (Lipinski definition) is 4. The van der Waals surface area contributed by atoms with Crippen LogP contribution >= 0.6 is 0 Å². The maximum Gasteiger partial charge on any atom is 0.264 e. The van der Waals surface area contributed by atoms with Crippen LogP contribution in [-0.4, -0.2) is 27.5 Å². The third-order valence-corrected chi connectivity index (χ3v) is 6.71. The first-order valence-corrected chi connectivity index (χ1v) is 11.5. The van der Waals surface area contributed by atoms with Crippen molar-refractivity contribution < 1.29 is 17.9 Å². The maximum absolute atomic E-state index is 12.9. The molecule has 0 saturated heterocycles. The SMILES string of the molecule is CCN(c1ccc(OCC(=O)N[C@H](C)c2ccccc2)cc1)S(=O)(=O)c1ccccc1. The number of carbonyl (C=O) groups is 1. The van der Waals surface area contributed by atoms with Crippen molar-refractivity contribution in [3.8, 4) is 5.75 Å². The van der Waals surface area contributed by atoms with Gasteiger partial charge in [-0.2, -0.15) is 0 Å². The van der Waals surface area contributed by atoms with E-state index in [0.29, 0.717) is 11.4 Å². The number of sulfonamides is 1. The summed E-state index contributed by atoms with van der Waals surface area (Å²) >= 11 is 0. The number of anilines is 1. The van der Waals surface area contributed by atoms with Crippen molar-refractivity contribution in [3.05, 3.63) is 90.5 Å². The van der Waals surface area contributed by atoms with Crippen LogP contribution in [0.1, 0.15) is 25.5 Å². The highest BCUT2D eigenvalue weighted by Crippen LogP contribution is 2.25. The number of carbonyl (C=O) groups excluding carboxylic acids is 1. The molecule has 0 heterocycles. The summed E-state index contributed by atoms with van der Waals surface area (Å²) in [6.45, 7) is 3.85. The normalized spacial score (nSPS) is 12.1. The van der Waals surface area contributed by atoms with Crippen LogP contribution in [0.2, 0.25) is 0 Å². The van der Waals surface area contributed by atoms with E-state index in [1.807, 2.05) is 37.3 Å². The van der Waals surface area contributed by atoms with E-state index in [1.165, 1.54) is 4.31 Å². The van der Waals surface area contributed by atoms with E-state index in [9.17, 15) is 13.2 Å². The number of nitrogens with one attached hydrogen (secondary N) is 1. The molecule has 1 atom stereocenters. The van der Waals surface area contributed by atoms with Gasteiger partial charge in [-0.15, -0.1) is 0 Å². The molecule has 0 unspecified atom stereocenters. The Bertz CT molecular complexity index is 1090. The third kappa shape index (κ3) is 5.64. The van der Waals surface area contributed by atoms with Crippen LogP contribution in [0.4, 0.5) is 5.69 Å². The first kappa shape index (κ1) is 22.4. The molecule has 0 bridgehead atoms. The summed E-state index contributed by atoms with van der Waals surface area (Å²) in [4.78, 5) is 12.4. The van der Waals surface area contributed by atoms with Gasteiger partial charge in [-0.05, 0) is 55.8 Å². The summed E-state index contributed by atoms with van der Waals surface area (Å²) in [5.74, 6) is 0.252. The predicted octanol–water partition coefficient (Wildman–Crippen LogP) is 4.16. The summed E-state index contributed by atoms with van der Waals surface area (Å²) in [6.07, 6.45) is 0. The number of benzene rings is 3. The summed E-state index contributed by atoms with van der Waals surface area (Å²) in [5, 5.41) is 2.89. The zero-order valence-electron chi connectivity index (χ0n) is 17.6. The molecule has 0 spiro atoms. The van der Waals surface area contributed by atoms with Crippen molar-refractivity contribution in [3.63, 3.8) is 0 Å². The minimum atomic E-state index is -3.65. The Morgan fingerprint density at radius 2 is 1.52 bits per heavy atom. The lowest BCUT2D eigenvalue weighted by Crippen LogP contribution is -2.31. The van der Waals surface area contributed by atoms with Crippen LogP contribution < -0.4 is 14.4 Å². The fourth-order valence-corrected chi connectivity index (χ4v) is 4.67.